The highest BCUT2D eigenvalue weighted by atomic mass is 16.5. The van der Waals surface area contributed by atoms with Crippen molar-refractivity contribution in [1.82, 2.24) is 0 Å². The molecule has 94 valence electrons. The second-order valence-electron chi connectivity index (χ2n) is 4.31. The van der Waals surface area contributed by atoms with Crippen molar-refractivity contribution in [2.75, 3.05) is 26.4 Å². The average molecular weight is 228 g/mol. The zero-order valence-corrected chi connectivity index (χ0v) is 11.0. The van der Waals surface area contributed by atoms with Crippen LogP contribution in [0.4, 0.5) is 0 Å². The minimum absolute atomic E-state index is 0.314. The smallest absolute Gasteiger partial charge is 0.334 e. The highest BCUT2D eigenvalue weighted by molar-refractivity contribution is 5.81. The molecule has 3 heteroatoms. The molecular formula is C13H26NO2+. The molecule has 0 radical (unpaired) electrons. The van der Waals surface area contributed by atoms with Crippen molar-refractivity contribution in [3.8, 4) is 0 Å². The lowest BCUT2D eigenvalue weighted by molar-refractivity contribution is -0.943. The lowest BCUT2D eigenvalue weighted by atomic mass is 10.2. The number of ether oxygens (including phenoxy) is 1. The molecule has 0 saturated carbocycles. The van der Waals surface area contributed by atoms with E-state index in [4.69, 9.17) is 4.74 Å². The first-order valence-corrected chi connectivity index (χ1v) is 6.28. The highest BCUT2D eigenvalue weighted by Crippen LogP contribution is 2.12. The minimum atomic E-state index is -0.314. The van der Waals surface area contributed by atoms with E-state index in [-0.39, 0.29) is 5.97 Å². The van der Waals surface area contributed by atoms with Crippen molar-refractivity contribution in [3.05, 3.63) is 12.7 Å². The van der Waals surface area contributed by atoms with E-state index in [1.165, 1.54) is 6.08 Å². The number of hydrogen-bond acceptors (Lipinski definition) is 2. The van der Waals surface area contributed by atoms with Crippen molar-refractivity contribution in [2.24, 2.45) is 0 Å². The van der Waals surface area contributed by atoms with E-state index in [1.807, 2.05) is 0 Å². The average Bonchev–Trinajstić information content (AvgIpc) is 2.27. The first-order valence-electron chi connectivity index (χ1n) is 6.28. The van der Waals surface area contributed by atoms with E-state index in [9.17, 15) is 4.79 Å². The summed E-state index contributed by atoms with van der Waals surface area (Å²) in [5.41, 5.74) is 0. The van der Waals surface area contributed by atoms with Gasteiger partial charge in [0.1, 0.15) is 0 Å². The molecule has 0 saturated heterocycles. The van der Waals surface area contributed by atoms with Crippen LogP contribution in [-0.2, 0) is 9.53 Å². The van der Waals surface area contributed by atoms with Crippen LogP contribution in [0.25, 0.3) is 0 Å². The molecule has 0 bridgehead atoms. The summed E-state index contributed by atoms with van der Waals surface area (Å²) in [6, 6.07) is 0. The fraction of sp³-hybridized carbons (Fsp3) is 0.769. The van der Waals surface area contributed by atoms with Gasteiger partial charge < -0.3 is 4.74 Å². The van der Waals surface area contributed by atoms with Crippen LogP contribution in [0.3, 0.4) is 0 Å². The van der Waals surface area contributed by atoms with E-state index in [2.05, 4.69) is 27.4 Å². The summed E-state index contributed by atoms with van der Waals surface area (Å²) in [6.07, 6.45) is 4.58. The Morgan fingerprint density at radius 1 is 1.12 bits per heavy atom. The minimum Gasteiger partial charge on any atom is -0.412 e. The third kappa shape index (κ3) is 5.31. The number of nitrogens with zero attached hydrogens (tertiary/aromatic N) is 1. The zero-order chi connectivity index (χ0) is 12.4. The number of carbonyl (C=O) groups is 1. The van der Waals surface area contributed by atoms with Gasteiger partial charge >= 0.3 is 5.97 Å². The molecule has 0 aliphatic rings. The number of esters is 1. The number of rotatable bonds is 9. The van der Waals surface area contributed by atoms with Gasteiger partial charge in [0, 0.05) is 6.08 Å². The predicted molar refractivity (Wildman–Crippen MR) is 66.9 cm³/mol. The summed E-state index contributed by atoms with van der Waals surface area (Å²) in [5.74, 6) is -0.314. The molecule has 0 heterocycles. The molecule has 0 aromatic heterocycles. The van der Waals surface area contributed by atoms with Crippen molar-refractivity contribution < 1.29 is 14.0 Å². The van der Waals surface area contributed by atoms with Crippen LogP contribution in [0.5, 0.6) is 0 Å². The summed E-state index contributed by atoms with van der Waals surface area (Å²) < 4.78 is 6.12. The maximum atomic E-state index is 11.1. The van der Waals surface area contributed by atoms with Gasteiger partial charge in [-0.2, -0.15) is 0 Å². The standard InChI is InChI=1S/C13H26NO2/c1-5-9-14(10-6-2,11-7-3)12-16-13(15)8-4/h8H,4-7,9-12H2,1-3H3/q+1. The molecule has 0 atom stereocenters. The molecule has 0 aromatic rings. The van der Waals surface area contributed by atoms with Crippen LogP contribution in [0, 0.1) is 0 Å². The molecule has 0 N–H and O–H groups in total. The summed E-state index contributed by atoms with van der Waals surface area (Å²) in [6.45, 7) is 13.7. The Hall–Kier alpha value is -0.830. The van der Waals surface area contributed by atoms with Crippen LogP contribution in [0.2, 0.25) is 0 Å². The van der Waals surface area contributed by atoms with E-state index in [1.54, 1.807) is 0 Å². The summed E-state index contributed by atoms with van der Waals surface area (Å²) in [7, 11) is 0. The van der Waals surface area contributed by atoms with Gasteiger partial charge in [-0.15, -0.1) is 0 Å². The molecule has 0 aliphatic carbocycles. The fourth-order valence-corrected chi connectivity index (χ4v) is 2.21. The van der Waals surface area contributed by atoms with Crippen LogP contribution in [-0.4, -0.2) is 36.8 Å². The van der Waals surface area contributed by atoms with Crippen molar-refractivity contribution >= 4 is 5.97 Å². The molecule has 0 fully saturated rings. The van der Waals surface area contributed by atoms with Gasteiger partial charge in [-0.05, 0) is 19.3 Å². The number of quaternary nitrogens is 1. The van der Waals surface area contributed by atoms with E-state index >= 15 is 0 Å². The largest absolute Gasteiger partial charge is 0.412 e. The normalized spacial score (nSPS) is 11.2. The van der Waals surface area contributed by atoms with Gasteiger partial charge in [-0.3, -0.25) is 4.48 Å². The quantitative estimate of drug-likeness (QED) is 0.262. The first-order chi connectivity index (χ1) is 7.64. The lowest BCUT2D eigenvalue weighted by Crippen LogP contribution is -2.51. The third-order valence-electron chi connectivity index (χ3n) is 2.74. The Labute approximate surface area is 99.7 Å². The van der Waals surface area contributed by atoms with E-state index in [0.29, 0.717) is 6.73 Å². The summed E-state index contributed by atoms with van der Waals surface area (Å²) in [5, 5.41) is 0. The molecule has 0 aromatic carbocycles. The van der Waals surface area contributed by atoms with E-state index < -0.39 is 0 Å². The Morgan fingerprint density at radius 3 is 1.88 bits per heavy atom. The second-order valence-corrected chi connectivity index (χ2v) is 4.31. The molecule has 0 amide bonds. The fourth-order valence-electron chi connectivity index (χ4n) is 2.21. The predicted octanol–water partition coefficient (Wildman–Crippen LogP) is 2.72. The molecule has 0 unspecified atom stereocenters. The van der Waals surface area contributed by atoms with Gasteiger partial charge in [-0.25, -0.2) is 4.79 Å². The van der Waals surface area contributed by atoms with Gasteiger partial charge in [0.25, 0.3) is 0 Å². The zero-order valence-electron chi connectivity index (χ0n) is 11.0. The molecule has 3 nitrogen and oxygen atoms in total. The molecule has 0 rings (SSSR count). The maximum Gasteiger partial charge on any atom is 0.334 e. The van der Waals surface area contributed by atoms with Gasteiger partial charge in [0.05, 0.1) is 19.6 Å². The third-order valence-corrected chi connectivity index (χ3v) is 2.74. The Kier molecular flexibility index (Phi) is 7.90. The lowest BCUT2D eigenvalue weighted by Gasteiger charge is -2.37. The summed E-state index contributed by atoms with van der Waals surface area (Å²) in [4.78, 5) is 11.1. The van der Waals surface area contributed by atoms with Crippen LogP contribution < -0.4 is 0 Å². The Bertz CT molecular complexity index is 197. The molecule has 0 aliphatic heterocycles. The van der Waals surface area contributed by atoms with Crippen molar-refractivity contribution in [1.29, 1.82) is 0 Å². The number of hydrogen-bond donors (Lipinski definition) is 0. The maximum absolute atomic E-state index is 11.1. The van der Waals surface area contributed by atoms with Crippen LogP contribution >= 0.6 is 0 Å². The van der Waals surface area contributed by atoms with Gasteiger partial charge in [-0.1, -0.05) is 27.4 Å². The number of carbonyl (C=O) groups excluding carboxylic acids is 1. The second kappa shape index (κ2) is 8.34. The Balaban J connectivity index is 4.45. The molecule has 16 heavy (non-hydrogen) atoms. The van der Waals surface area contributed by atoms with Crippen LogP contribution in [0.15, 0.2) is 12.7 Å². The Morgan fingerprint density at radius 2 is 1.56 bits per heavy atom. The van der Waals surface area contributed by atoms with Gasteiger partial charge in [0.2, 0.25) is 6.73 Å². The topological polar surface area (TPSA) is 26.3 Å². The molecule has 0 spiro atoms. The van der Waals surface area contributed by atoms with Crippen molar-refractivity contribution in [3.63, 3.8) is 0 Å². The van der Waals surface area contributed by atoms with Crippen molar-refractivity contribution in [2.45, 2.75) is 40.0 Å². The SMILES string of the molecule is C=CC(=O)OC[N+](CCC)(CCC)CCC. The van der Waals surface area contributed by atoms with Gasteiger partial charge in [0.15, 0.2) is 0 Å². The van der Waals surface area contributed by atoms with Crippen LogP contribution in [0.1, 0.15) is 40.0 Å². The molecular weight excluding hydrogens is 202 g/mol. The summed E-state index contributed by atoms with van der Waals surface area (Å²) >= 11 is 0. The van der Waals surface area contributed by atoms with E-state index in [0.717, 1.165) is 43.4 Å². The highest BCUT2D eigenvalue weighted by Gasteiger charge is 2.25. The first kappa shape index (κ1) is 15.2. The monoisotopic (exact) mass is 228 g/mol.